The second-order valence-corrected chi connectivity index (χ2v) is 8.23. The van der Waals surface area contributed by atoms with Crippen molar-refractivity contribution in [3.63, 3.8) is 0 Å². The van der Waals surface area contributed by atoms with Crippen LogP contribution < -0.4 is 9.72 Å². The Balaban J connectivity index is 1.51. The zero-order chi connectivity index (χ0) is 18.9. The average molecular weight is 394 g/mol. The van der Waals surface area contributed by atoms with Crippen LogP contribution in [0.15, 0.2) is 54.7 Å². The molecular weight excluding hydrogens is 368 g/mol. The number of hydrogen-bond donors (Lipinski definition) is 2. The Morgan fingerprint density at radius 3 is 2.64 bits per heavy atom. The Morgan fingerprint density at radius 1 is 1.04 bits per heavy atom. The molecular formula is C23H26ClN4+. The molecule has 5 heteroatoms. The Morgan fingerprint density at radius 2 is 1.82 bits per heavy atom. The van der Waals surface area contributed by atoms with Gasteiger partial charge in [0.15, 0.2) is 0 Å². The second-order valence-electron chi connectivity index (χ2n) is 7.80. The number of aromatic nitrogens is 3. The molecule has 1 fully saturated rings. The van der Waals surface area contributed by atoms with Crippen LogP contribution in [-0.4, -0.2) is 22.1 Å². The van der Waals surface area contributed by atoms with Gasteiger partial charge >= 0.3 is 5.78 Å². The lowest BCUT2D eigenvalue weighted by Crippen LogP contribution is -2.33. The van der Waals surface area contributed by atoms with Gasteiger partial charge in [-0.05, 0) is 49.2 Å². The van der Waals surface area contributed by atoms with Crippen molar-refractivity contribution in [3.05, 3.63) is 59.8 Å². The van der Waals surface area contributed by atoms with Gasteiger partial charge in [-0.25, -0.2) is 9.55 Å². The minimum absolute atomic E-state index is 0.675. The number of benzene rings is 2. The number of rotatable bonds is 5. The monoisotopic (exact) mass is 393 g/mol. The average Bonchev–Trinajstić information content (AvgIpc) is 3.26. The summed E-state index contributed by atoms with van der Waals surface area (Å²) in [6.45, 7) is 1.91. The molecule has 4 nitrogen and oxygen atoms in total. The second kappa shape index (κ2) is 7.61. The van der Waals surface area contributed by atoms with Gasteiger partial charge in [-0.15, -0.1) is 0 Å². The standard InChI is InChI=1S/C23H25ClN4/c24-18-12-10-17(11-13-18)22-16-28-21-9-5-4-8-20(21)26-23(28)27(22)15-14-25-19-6-2-1-3-7-19/h4-5,8-13,16,19,25H,1-3,6-7,14-15H2/p+1. The summed E-state index contributed by atoms with van der Waals surface area (Å²) in [4.78, 5) is 3.61. The fraction of sp³-hybridized carbons (Fsp3) is 0.348. The van der Waals surface area contributed by atoms with Crippen LogP contribution in [0.3, 0.4) is 0 Å². The summed E-state index contributed by atoms with van der Waals surface area (Å²) in [6, 6.07) is 17.3. The summed E-state index contributed by atoms with van der Waals surface area (Å²) in [5.74, 6) is 1.12. The van der Waals surface area contributed by atoms with Gasteiger partial charge in [0.05, 0.1) is 6.54 Å². The normalized spacial score (nSPS) is 15.6. The van der Waals surface area contributed by atoms with Crippen molar-refractivity contribution in [1.29, 1.82) is 0 Å². The number of fused-ring (bicyclic) bond motifs is 3. The summed E-state index contributed by atoms with van der Waals surface area (Å²) in [5, 5.41) is 4.55. The van der Waals surface area contributed by atoms with E-state index >= 15 is 0 Å². The molecule has 2 N–H and O–H groups in total. The Kier molecular flexibility index (Phi) is 4.83. The first-order chi connectivity index (χ1) is 13.8. The van der Waals surface area contributed by atoms with Crippen LogP contribution in [0.2, 0.25) is 5.02 Å². The Labute approximate surface area is 170 Å². The van der Waals surface area contributed by atoms with Crippen LogP contribution in [0.5, 0.6) is 0 Å². The van der Waals surface area contributed by atoms with Gasteiger partial charge in [-0.1, -0.05) is 43.0 Å². The minimum Gasteiger partial charge on any atom is -0.311 e. The molecule has 0 unspecified atom stereocenters. The van der Waals surface area contributed by atoms with Gasteiger partial charge in [0.1, 0.15) is 22.9 Å². The van der Waals surface area contributed by atoms with Crippen molar-refractivity contribution in [1.82, 2.24) is 14.9 Å². The molecule has 0 atom stereocenters. The third-order valence-electron chi connectivity index (χ3n) is 5.95. The van der Waals surface area contributed by atoms with E-state index in [1.165, 1.54) is 48.9 Å². The molecule has 4 aromatic rings. The van der Waals surface area contributed by atoms with E-state index in [4.69, 9.17) is 11.6 Å². The Bertz CT molecular complexity index is 1090. The van der Waals surface area contributed by atoms with E-state index in [2.05, 4.69) is 61.9 Å². The highest BCUT2D eigenvalue weighted by Crippen LogP contribution is 2.24. The topological polar surface area (TPSA) is 36.9 Å². The van der Waals surface area contributed by atoms with Crippen LogP contribution in [-0.2, 0) is 6.54 Å². The summed E-state index contributed by atoms with van der Waals surface area (Å²) < 4.78 is 4.65. The number of nitrogens with zero attached hydrogens (tertiary/aromatic N) is 2. The molecule has 0 spiro atoms. The van der Waals surface area contributed by atoms with Gasteiger partial charge < -0.3 is 5.32 Å². The van der Waals surface area contributed by atoms with Crippen molar-refractivity contribution < 1.29 is 4.40 Å². The third kappa shape index (κ3) is 3.31. The Hall–Kier alpha value is -2.30. The first-order valence-corrected chi connectivity index (χ1v) is 10.7. The summed E-state index contributed by atoms with van der Waals surface area (Å²) in [7, 11) is 0. The minimum atomic E-state index is 0.675. The zero-order valence-corrected chi connectivity index (χ0v) is 16.8. The van der Waals surface area contributed by atoms with Crippen LogP contribution in [0.4, 0.5) is 0 Å². The van der Waals surface area contributed by atoms with Crippen molar-refractivity contribution in [3.8, 4) is 11.3 Å². The predicted octanol–water partition coefficient (Wildman–Crippen LogP) is 4.95. The van der Waals surface area contributed by atoms with Gasteiger partial charge in [0, 0.05) is 23.2 Å². The van der Waals surface area contributed by atoms with Gasteiger partial charge in [0.2, 0.25) is 0 Å². The SMILES string of the molecule is Clc1ccc(-c2c[n+]3c4ccccc4[nH]c3n2CCNC2CCCCC2)cc1. The van der Waals surface area contributed by atoms with E-state index in [0.717, 1.165) is 29.4 Å². The van der Waals surface area contributed by atoms with E-state index < -0.39 is 0 Å². The number of aromatic amines is 1. The molecule has 1 aliphatic carbocycles. The van der Waals surface area contributed by atoms with Crippen LogP contribution >= 0.6 is 11.6 Å². The van der Waals surface area contributed by atoms with Crippen molar-refractivity contribution in [2.45, 2.75) is 44.7 Å². The molecule has 0 aliphatic heterocycles. The van der Waals surface area contributed by atoms with Crippen LogP contribution in [0.1, 0.15) is 32.1 Å². The number of para-hydroxylation sites is 2. The molecule has 2 heterocycles. The quantitative estimate of drug-likeness (QED) is 0.462. The molecule has 1 aliphatic rings. The number of H-pyrrole nitrogens is 1. The fourth-order valence-corrected chi connectivity index (χ4v) is 4.61. The van der Waals surface area contributed by atoms with Gasteiger partial charge in [-0.3, -0.25) is 0 Å². The molecule has 144 valence electrons. The lowest BCUT2D eigenvalue weighted by molar-refractivity contribution is -0.479. The molecule has 2 aromatic carbocycles. The maximum atomic E-state index is 6.12. The summed E-state index contributed by atoms with van der Waals surface area (Å²) in [5.41, 5.74) is 4.75. The maximum absolute atomic E-state index is 6.12. The lowest BCUT2D eigenvalue weighted by atomic mass is 9.95. The van der Waals surface area contributed by atoms with E-state index in [0.29, 0.717) is 6.04 Å². The number of imidazole rings is 2. The summed E-state index contributed by atoms with van der Waals surface area (Å²) >= 11 is 6.12. The highest BCUT2D eigenvalue weighted by molar-refractivity contribution is 6.30. The number of halogens is 1. The number of nitrogens with one attached hydrogen (secondary N) is 2. The molecule has 2 aromatic heterocycles. The predicted molar refractivity (Wildman–Crippen MR) is 115 cm³/mol. The van der Waals surface area contributed by atoms with E-state index in [9.17, 15) is 0 Å². The number of hydrogen-bond acceptors (Lipinski definition) is 1. The molecule has 0 bridgehead atoms. The maximum Gasteiger partial charge on any atom is 0.368 e. The highest BCUT2D eigenvalue weighted by atomic mass is 35.5. The van der Waals surface area contributed by atoms with Crippen molar-refractivity contribution >= 4 is 28.4 Å². The largest absolute Gasteiger partial charge is 0.368 e. The first kappa shape index (κ1) is 17.8. The summed E-state index contributed by atoms with van der Waals surface area (Å²) in [6.07, 6.45) is 8.97. The van der Waals surface area contributed by atoms with Crippen molar-refractivity contribution in [2.24, 2.45) is 0 Å². The van der Waals surface area contributed by atoms with Crippen LogP contribution in [0.25, 0.3) is 28.1 Å². The molecule has 0 radical (unpaired) electrons. The van der Waals surface area contributed by atoms with E-state index in [-0.39, 0.29) is 0 Å². The van der Waals surface area contributed by atoms with E-state index in [1.807, 2.05) is 12.1 Å². The molecule has 0 saturated heterocycles. The van der Waals surface area contributed by atoms with Crippen molar-refractivity contribution in [2.75, 3.05) is 6.54 Å². The molecule has 28 heavy (non-hydrogen) atoms. The molecule has 5 rings (SSSR count). The van der Waals surface area contributed by atoms with Crippen LogP contribution in [0, 0.1) is 0 Å². The highest BCUT2D eigenvalue weighted by Gasteiger charge is 2.22. The first-order valence-electron chi connectivity index (χ1n) is 10.3. The fourth-order valence-electron chi connectivity index (χ4n) is 4.48. The molecule has 0 amide bonds. The third-order valence-corrected chi connectivity index (χ3v) is 6.20. The molecule has 1 saturated carbocycles. The lowest BCUT2D eigenvalue weighted by Gasteiger charge is -2.22. The smallest absolute Gasteiger partial charge is 0.311 e. The van der Waals surface area contributed by atoms with Gasteiger partial charge in [0.25, 0.3) is 0 Å². The van der Waals surface area contributed by atoms with Gasteiger partial charge in [-0.2, -0.15) is 4.40 Å². The van der Waals surface area contributed by atoms with E-state index in [1.54, 1.807) is 0 Å². The zero-order valence-electron chi connectivity index (χ0n) is 16.0.